The second kappa shape index (κ2) is 7.78. The summed E-state index contributed by atoms with van der Waals surface area (Å²) >= 11 is 1.45. The highest BCUT2D eigenvalue weighted by molar-refractivity contribution is 7.14. The number of benzene rings is 1. The maximum Gasteiger partial charge on any atom is 0.348 e. The lowest BCUT2D eigenvalue weighted by Gasteiger charge is -2.19. The van der Waals surface area contributed by atoms with E-state index in [1.807, 2.05) is 6.07 Å². The topological polar surface area (TPSA) is 55.4 Å². The first-order chi connectivity index (χ1) is 12.1. The van der Waals surface area contributed by atoms with Crippen LogP contribution in [0.5, 0.6) is 0 Å². The molecule has 0 aliphatic heterocycles. The molecular weight excluding hydrogens is 341 g/mol. The number of thiophene rings is 1. The van der Waals surface area contributed by atoms with Crippen molar-refractivity contribution >= 4 is 28.9 Å². The van der Waals surface area contributed by atoms with Gasteiger partial charge in [-0.05, 0) is 48.9 Å². The van der Waals surface area contributed by atoms with Gasteiger partial charge in [0.25, 0.3) is 5.91 Å². The lowest BCUT2D eigenvalue weighted by atomic mass is 9.87. The smallest absolute Gasteiger partial charge is 0.348 e. The average Bonchev–Trinajstić information content (AvgIpc) is 3.04. The summed E-state index contributed by atoms with van der Waals surface area (Å²) in [6.07, 6.45) is 4.30. The molecule has 0 saturated heterocycles. The first-order valence-electron chi connectivity index (χ1n) is 8.40. The van der Waals surface area contributed by atoms with E-state index in [4.69, 9.17) is 4.74 Å². The standard InChI is InChI=1S/C19H20FNO3S/c1-2-12-7-8-16-13(9-12)10-17(25-16)19(23)24-11-18(22)21-15-6-4-3-5-14(15)20/h3-6,10,12H,2,7-9,11H2,1H3,(H,21,22)/t12-/m0/s1. The van der Waals surface area contributed by atoms with E-state index in [0.717, 1.165) is 25.7 Å². The highest BCUT2D eigenvalue weighted by Gasteiger charge is 2.23. The summed E-state index contributed by atoms with van der Waals surface area (Å²) in [6, 6.07) is 7.74. The Hall–Kier alpha value is -2.21. The molecule has 1 aliphatic rings. The summed E-state index contributed by atoms with van der Waals surface area (Å²) in [4.78, 5) is 25.8. The average molecular weight is 361 g/mol. The van der Waals surface area contributed by atoms with Crippen LogP contribution in [0, 0.1) is 11.7 Å². The molecule has 4 nitrogen and oxygen atoms in total. The van der Waals surface area contributed by atoms with Gasteiger partial charge in [0, 0.05) is 4.88 Å². The van der Waals surface area contributed by atoms with E-state index in [1.165, 1.54) is 40.0 Å². The number of esters is 1. The minimum Gasteiger partial charge on any atom is -0.451 e. The molecule has 1 amide bonds. The Kier molecular flexibility index (Phi) is 5.48. The summed E-state index contributed by atoms with van der Waals surface area (Å²) in [5.41, 5.74) is 1.30. The quantitative estimate of drug-likeness (QED) is 0.812. The molecule has 2 aromatic rings. The Bertz CT molecular complexity index is 787. The third-order valence-corrected chi connectivity index (χ3v) is 5.66. The number of rotatable bonds is 5. The highest BCUT2D eigenvalue weighted by Crippen LogP contribution is 2.33. The summed E-state index contributed by atoms with van der Waals surface area (Å²) in [6.45, 7) is 1.75. The lowest BCUT2D eigenvalue weighted by Crippen LogP contribution is -2.21. The van der Waals surface area contributed by atoms with Crippen molar-refractivity contribution in [2.75, 3.05) is 11.9 Å². The Labute approximate surface area is 150 Å². The molecule has 3 rings (SSSR count). The van der Waals surface area contributed by atoms with Gasteiger partial charge >= 0.3 is 5.97 Å². The Balaban J connectivity index is 1.55. The number of anilines is 1. The molecule has 6 heteroatoms. The number of para-hydroxylation sites is 1. The van der Waals surface area contributed by atoms with Crippen LogP contribution in [-0.4, -0.2) is 18.5 Å². The van der Waals surface area contributed by atoms with Crippen LogP contribution in [0.3, 0.4) is 0 Å². The van der Waals surface area contributed by atoms with Gasteiger partial charge in [-0.1, -0.05) is 25.5 Å². The SMILES string of the molecule is CC[C@H]1CCc2sc(C(=O)OCC(=O)Nc3ccccc3F)cc2C1. The van der Waals surface area contributed by atoms with Gasteiger partial charge in [0.1, 0.15) is 10.7 Å². The van der Waals surface area contributed by atoms with Crippen LogP contribution in [0.2, 0.25) is 0 Å². The molecule has 25 heavy (non-hydrogen) atoms. The zero-order chi connectivity index (χ0) is 17.8. The van der Waals surface area contributed by atoms with E-state index in [1.54, 1.807) is 6.07 Å². The van der Waals surface area contributed by atoms with E-state index in [-0.39, 0.29) is 5.69 Å². The Morgan fingerprint density at radius 3 is 2.92 bits per heavy atom. The van der Waals surface area contributed by atoms with Gasteiger partial charge in [-0.25, -0.2) is 9.18 Å². The van der Waals surface area contributed by atoms with Crippen molar-refractivity contribution in [3.63, 3.8) is 0 Å². The fourth-order valence-corrected chi connectivity index (χ4v) is 4.10. The maximum atomic E-state index is 13.5. The van der Waals surface area contributed by atoms with Crippen molar-refractivity contribution in [2.24, 2.45) is 5.92 Å². The number of aryl methyl sites for hydroxylation is 1. The van der Waals surface area contributed by atoms with Crippen LogP contribution in [0.4, 0.5) is 10.1 Å². The van der Waals surface area contributed by atoms with Gasteiger partial charge in [0.15, 0.2) is 6.61 Å². The summed E-state index contributed by atoms with van der Waals surface area (Å²) in [5.74, 6) is -0.918. The van der Waals surface area contributed by atoms with Crippen molar-refractivity contribution < 1.29 is 18.7 Å². The zero-order valence-electron chi connectivity index (χ0n) is 14.0. The molecule has 0 fully saturated rings. The van der Waals surface area contributed by atoms with Gasteiger partial charge in [-0.3, -0.25) is 4.79 Å². The molecule has 0 bridgehead atoms. The number of fused-ring (bicyclic) bond motifs is 1. The number of hydrogen-bond donors (Lipinski definition) is 1. The lowest BCUT2D eigenvalue weighted by molar-refractivity contribution is -0.119. The molecule has 1 heterocycles. The van der Waals surface area contributed by atoms with Crippen molar-refractivity contribution in [2.45, 2.75) is 32.6 Å². The predicted octanol–water partition coefficient (Wildman–Crippen LogP) is 4.20. The zero-order valence-corrected chi connectivity index (χ0v) is 14.8. The van der Waals surface area contributed by atoms with Gasteiger partial charge in [0.2, 0.25) is 0 Å². The summed E-state index contributed by atoms with van der Waals surface area (Å²) < 4.78 is 18.6. The first kappa shape index (κ1) is 17.6. The van der Waals surface area contributed by atoms with E-state index < -0.39 is 24.3 Å². The number of nitrogens with one attached hydrogen (secondary N) is 1. The van der Waals surface area contributed by atoms with E-state index in [2.05, 4.69) is 12.2 Å². The molecule has 132 valence electrons. The molecule has 0 unspecified atom stereocenters. The number of halogens is 1. The summed E-state index contributed by atoms with van der Waals surface area (Å²) in [7, 11) is 0. The molecular formula is C19H20FNO3S. The molecule has 1 N–H and O–H groups in total. The van der Waals surface area contributed by atoms with Crippen molar-refractivity contribution in [1.82, 2.24) is 0 Å². The predicted molar refractivity (Wildman–Crippen MR) is 95.4 cm³/mol. The summed E-state index contributed by atoms with van der Waals surface area (Å²) in [5, 5.41) is 2.39. The molecule has 0 saturated carbocycles. The number of carbonyl (C=O) groups is 2. The van der Waals surface area contributed by atoms with Gasteiger partial charge < -0.3 is 10.1 Å². The second-order valence-corrected chi connectivity index (χ2v) is 7.32. The highest BCUT2D eigenvalue weighted by atomic mass is 32.1. The van der Waals surface area contributed by atoms with Gasteiger partial charge in [-0.2, -0.15) is 0 Å². The Morgan fingerprint density at radius 1 is 1.36 bits per heavy atom. The molecule has 1 atom stereocenters. The minimum atomic E-state index is -0.564. The molecule has 1 aromatic heterocycles. The van der Waals surface area contributed by atoms with Crippen LogP contribution in [0.15, 0.2) is 30.3 Å². The Morgan fingerprint density at radius 2 is 2.16 bits per heavy atom. The van der Waals surface area contributed by atoms with Crippen molar-refractivity contribution in [3.05, 3.63) is 51.5 Å². The fraction of sp³-hybridized carbons (Fsp3) is 0.368. The third kappa shape index (κ3) is 4.25. The maximum absolute atomic E-state index is 13.5. The van der Waals surface area contributed by atoms with Crippen LogP contribution >= 0.6 is 11.3 Å². The van der Waals surface area contributed by atoms with Crippen LogP contribution in [0.1, 0.15) is 39.9 Å². The van der Waals surface area contributed by atoms with Crippen molar-refractivity contribution in [3.8, 4) is 0 Å². The van der Waals surface area contributed by atoms with Crippen LogP contribution in [0.25, 0.3) is 0 Å². The molecule has 1 aliphatic carbocycles. The van der Waals surface area contributed by atoms with E-state index >= 15 is 0 Å². The van der Waals surface area contributed by atoms with E-state index in [9.17, 15) is 14.0 Å². The van der Waals surface area contributed by atoms with Crippen molar-refractivity contribution in [1.29, 1.82) is 0 Å². The second-order valence-electron chi connectivity index (χ2n) is 6.18. The van der Waals surface area contributed by atoms with Gasteiger partial charge in [0.05, 0.1) is 5.69 Å². The normalized spacial score (nSPS) is 16.2. The number of hydrogen-bond acceptors (Lipinski definition) is 4. The van der Waals surface area contributed by atoms with Crippen LogP contribution < -0.4 is 5.32 Å². The fourth-order valence-electron chi connectivity index (χ4n) is 3.00. The first-order valence-corrected chi connectivity index (χ1v) is 9.21. The third-order valence-electron chi connectivity index (χ3n) is 4.45. The minimum absolute atomic E-state index is 0.0701. The molecule has 0 spiro atoms. The largest absolute Gasteiger partial charge is 0.451 e. The van der Waals surface area contributed by atoms with Crippen LogP contribution in [-0.2, 0) is 22.4 Å². The van der Waals surface area contributed by atoms with Gasteiger partial charge in [-0.15, -0.1) is 11.3 Å². The number of ether oxygens (including phenoxy) is 1. The number of carbonyl (C=O) groups excluding carboxylic acids is 2. The molecule has 1 aromatic carbocycles. The van der Waals surface area contributed by atoms with E-state index in [0.29, 0.717) is 10.8 Å². The monoisotopic (exact) mass is 361 g/mol. The number of amides is 1. The molecule has 0 radical (unpaired) electrons.